The van der Waals surface area contributed by atoms with E-state index < -0.39 is 18.1 Å². The van der Waals surface area contributed by atoms with Crippen LogP contribution in [0.4, 0.5) is 4.79 Å². The second-order valence-corrected chi connectivity index (χ2v) is 13.5. The molecule has 1 aromatic heterocycles. The Morgan fingerprint density at radius 3 is 2.38 bits per heavy atom. The predicted octanol–water partition coefficient (Wildman–Crippen LogP) is 5.30. The number of benzene rings is 1. The van der Waals surface area contributed by atoms with Crippen molar-refractivity contribution < 1.29 is 23.9 Å². The van der Waals surface area contributed by atoms with Crippen LogP contribution in [0.2, 0.25) is 0 Å². The molecular weight excluding hydrogens is 568 g/mol. The van der Waals surface area contributed by atoms with Crippen molar-refractivity contribution in [3.05, 3.63) is 65.0 Å². The Morgan fingerprint density at radius 2 is 1.71 bits per heavy atom. The highest BCUT2D eigenvalue weighted by atomic mass is 16.6. The number of hydrogen-bond donors (Lipinski definition) is 2. The Morgan fingerprint density at radius 1 is 0.978 bits per heavy atom. The molecule has 0 bridgehead atoms. The number of fused-ring (bicyclic) bond motifs is 1. The molecule has 2 heterocycles. The Balaban J connectivity index is 1.23. The minimum absolute atomic E-state index is 0.00818. The van der Waals surface area contributed by atoms with Gasteiger partial charge in [0.05, 0.1) is 0 Å². The van der Waals surface area contributed by atoms with E-state index in [2.05, 4.69) is 32.7 Å². The van der Waals surface area contributed by atoms with Gasteiger partial charge in [0, 0.05) is 55.8 Å². The fourth-order valence-corrected chi connectivity index (χ4v) is 6.36. The first-order valence-corrected chi connectivity index (χ1v) is 16.7. The highest BCUT2D eigenvalue weighted by Gasteiger charge is 2.28. The van der Waals surface area contributed by atoms with E-state index >= 15 is 0 Å². The summed E-state index contributed by atoms with van der Waals surface area (Å²) in [4.78, 5) is 56.9. The first kappa shape index (κ1) is 34.3. The molecule has 1 aromatic carbocycles. The summed E-state index contributed by atoms with van der Waals surface area (Å²) in [7, 11) is 0. The Kier molecular flexibility index (Phi) is 12.7. The summed E-state index contributed by atoms with van der Waals surface area (Å²) >= 11 is 0. The first-order chi connectivity index (χ1) is 21.6. The lowest BCUT2D eigenvalue weighted by molar-refractivity contribution is -0.138. The summed E-state index contributed by atoms with van der Waals surface area (Å²) in [6.07, 6.45) is 9.79. The van der Waals surface area contributed by atoms with Gasteiger partial charge in [0.25, 0.3) is 0 Å². The second-order valence-electron chi connectivity index (χ2n) is 13.5. The largest absolute Gasteiger partial charge is 0.415 e. The smallest absolute Gasteiger partial charge is 0.376 e. The summed E-state index contributed by atoms with van der Waals surface area (Å²) < 4.78 is 4.91. The maximum absolute atomic E-state index is 13.3. The molecule has 1 atom stereocenters. The van der Waals surface area contributed by atoms with Crippen LogP contribution >= 0.6 is 0 Å². The average Bonchev–Trinajstić information content (AvgIpc) is 3.21. The Bertz CT molecular complexity index is 1300. The molecule has 1 aliphatic carbocycles. The van der Waals surface area contributed by atoms with E-state index in [4.69, 9.17) is 4.74 Å². The van der Waals surface area contributed by atoms with Gasteiger partial charge in [-0.25, -0.2) is 4.79 Å². The third-order valence-electron chi connectivity index (χ3n) is 9.01. The zero-order valence-electron chi connectivity index (χ0n) is 27.3. The number of carbonyl (C=O) groups excluding carboxylic acids is 4. The van der Waals surface area contributed by atoms with Crippen LogP contribution in [-0.2, 0) is 33.6 Å². The lowest BCUT2D eigenvalue weighted by Crippen LogP contribution is -2.51. The van der Waals surface area contributed by atoms with Crippen molar-refractivity contribution in [1.82, 2.24) is 20.5 Å². The summed E-state index contributed by atoms with van der Waals surface area (Å²) in [5, 5.41) is 5.75. The fraction of sp³-hybridized carbons (Fsp3) is 0.583. The van der Waals surface area contributed by atoms with Crippen molar-refractivity contribution in [3.8, 4) is 0 Å². The molecule has 0 unspecified atom stereocenters. The SMILES string of the molecule is CC(C)CC(=O)OC(=O)N[C@H](Cc1cccnc1)C(=O)NC1CCC(CCN2CCc3ccc(C(=O)C(C)C)cc3CC2)CC1. The molecule has 1 fully saturated rings. The monoisotopic (exact) mass is 618 g/mol. The number of rotatable bonds is 12. The number of ether oxygens (including phenoxy) is 1. The van der Waals surface area contributed by atoms with Crippen LogP contribution in [0.15, 0.2) is 42.7 Å². The van der Waals surface area contributed by atoms with Crippen molar-refractivity contribution >= 4 is 23.8 Å². The number of nitrogens with one attached hydrogen (secondary N) is 2. The molecule has 2 N–H and O–H groups in total. The first-order valence-electron chi connectivity index (χ1n) is 16.7. The third kappa shape index (κ3) is 10.8. The van der Waals surface area contributed by atoms with E-state index in [1.165, 1.54) is 11.1 Å². The quantitative estimate of drug-likeness (QED) is 0.188. The minimum Gasteiger partial charge on any atom is -0.376 e. The Labute approximate surface area is 267 Å². The number of ketones is 1. The fourth-order valence-electron chi connectivity index (χ4n) is 6.36. The molecule has 2 amide bonds. The maximum atomic E-state index is 13.3. The van der Waals surface area contributed by atoms with Crippen LogP contribution in [0.3, 0.4) is 0 Å². The lowest BCUT2D eigenvalue weighted by Gasteiger charge is -2.31. The number of aromatic nitrogens is 1. The van der Waals surface area contributed by atoms with E-state index in [-0.39, 0.29) is 42.4 Å². The van der Waals surface area contributed by atoms with Crippen molar-refractivity contribution in [2.45, 2.75) is 97.6 Å². The van der Waals surface area contributed by atoms with Crippen molar-refractivity contribution in [1.29, 1.82) is 0 Å². The molecule has 1 saturated carbocycles. The van der Waals surface area contributed by atoms with Gasteiger partial charge in [-0.1, -0.05) is 45.9 Å². The average molecular weight is 619 g/mol. The molecule has 0 radical (unpaired) electrons. The van der Waals surface area contributed by atoms with E-state index in [1.54, 1.807) is 18.5 Å². The molecular formula is C36H50N4O5. The topological polar surface area (TPSA) is 118 Å². The van der Waals surface area contributed by atoms with Gasteiger partial charge in [0.1, 0.15) is 6.04 Å². The van der Waals surface area contributed by atoms with Crippen molar-refractivity contribution in [2.75, 3.05) is 19.6 Å². The molecule has 0 saturated heterocycles. The maximum Gasteiger partial charge on any atom is 0.415 e. The van der Waals surface area contributed by atoms with E-state index in [0.717, 1.165) is 75.7 Å². The van der Waals surface area contributed by atoms with Gasteiger partial charge in [0.15, 0.2) is 5.78 Å². The highest BCUT2D eigenvalue weighted by Crippen LogP contribution is 2.28. The number of alkyl carbamates (subject to hydrolysis) is 1. The number of Topliss-reactive ketones (excluding diaryl/α,β-unsaturated/α-hetero) is 1. The molecule has 2 aromatic rings. The molecule has 45 heavy (non-hydrogen) atoms. The van der Waals surface area contributed by atoms with Crippen molar-refractivity contribution in [3.63, 3.8) is 0 Å². The van der Waals surface area contributed by atoms with Crippen LogP contribution in [0.1, 0.15) is 93.3 Å². The lowest BCUT2D eigenvalue weighted by atomic mass is 9.84. The van der Waals surface area contributed by atoms with E-state index in [0.29, 0.717) is 5.92 Å². The van der Waals surface area contributed by atoms with Crippen LogP contribution < -0.4 is 10.6 Å². The van der Waals surface area contributed by atoms with Crippen LogP contribution in [0.25, 0.3) is 0 Å². The van der Waals surface area contributed by atoms with E-state index in [1.807, 2.05) is 39.8 Å². The van der Waals surface area contributed by atoms with Crippen LogP contribution in [0.5, 0.6) is 0 Å². The second kappa shape index (κ2) is 16.6. The van der Waals surface area contributed by atoms with Gasteiger partial charge in [-0.2, -0.15) is 0 Å². The predicted molar refractivity (Wildman–Crippen MR) is 174 cm³/mol. The van der Waals surface area contributed by atoms with Crippen LogP contribution in [-0.4, -0.2) is 65.4 Å². The molecule has 9 nitrogen and oxygen atoms in total. The van der Waals surface area contributed by atoms with E-state index in [9.17, 15) is 19.2 Å². The van der Waals surface area contributed by atoms with Gasteiger partial charge < -0.3 is 20.3 Å². The number of amides is 2. The number of pyridine rings is 1. The zero-order chi connectivity index (χ0) is 32.3. The number of carbonyl (C=O) groups is 4. The number of esters is 1. The number of hydrogen-bond acceptors (Lipinski definition) is 7. The molecule has 4 rings (SSSR count). The Hall–Kier alpha value is -3.59. The van der Waals surface area contributed by atoms with Gasteiger partial charge in [-0.3, -0.25) is 19.4 Å². The molecule has 0 spiro atoms. The highest BCUT2D eigenvalue weighted by molar-refractivity contribution is 5.97. The number of nitrogens with zero attached hydrogens (tertiary/aromatic N) is 2. The van der Waals surface area contributed by atoms with Gasteiger partial charge in [0.2, 0.25) is 5.91 Å². The van der Waals surface area contributed by atoms with Gasteiger partial charge in [-0.15, -0.1) is 0 Å². The normalized spacial score (nSPS) is 19.3. The molecule has 2 aliphatic rings. The standard InChI is InChI=1S/C36H50N4O5/c1-24(2)20-33(41)45-36(44)39-32(21-27-6-5-16-37-23-27)35(43)38-31-11-7-26(8-12-31)13-17-40-18-14-28-9-10-30(34(42)25(3)4)22-29(28)15-19-40/h5-6,9-10,16,22-26,31-32H,7-8,11-15,17-21H2,1-4H3,(H,38,43)(H,39,44)/t26?,31?,32-/m1/s1. The minimum atomic E-state index is -0.908. The van der Waals surface area contributed by atoms with Crippen LogP contribution in [0, 0.1) is 17.8 Å². The summed E-state index contributed by atoms with van der Waals surface area (Å²) in [5.74, 6) is 0.00454. The van der Waals surface area contributed by atoms with Gasteiger partial charge in [-0.05, 0) is 92.1 Å². The third-order valence-corrected chi connectivity index (χ3v) is 9.01. The molecule has 9 heteroatoms. The summed E-state index contributed by atoms with van der Waals surface area (Å²) in [6, 6.07) is 9.06. The summed E-state index contributed by atoms with van der Waals surface area (Å²) in [5.41, 5.74) is 4.31. The van der Waals surface area contributed by atoms with Gasteiger partial charge >= 0.3 is 12.1 Å². The molecule has 1 aliphatic heterocycles. The van der Waals surface area contributed by atoms with Crippen molar-refractivity contribution in [2.24, 2.45) is 17.8 Å². The molecule has 244 valence electrons. The zero-order valence-corrected chi connectivity index (χ0v) is 27.3. The summed E-state index contributed by atoms with van der Waals surface area (Å²) in [6.45, 7) is 10.7.